The summed E-state index contributed by atoms with van der Waals surface area (Å²) in [6.45, 7) is 3.90. The van der Waals surface area contributed by atoms with E-state index in [4.69, 9.17) is 4.74 Å². The summed E-state index contributed by atoms with van der Waals surface area (Å²) in [5, 5.41) is 3.14. The molecule has 0 bridgehead atoms. The molecule has 1 N–H and O–H groups in total. The topological polar surface area (TPSA) is 34.1 Å². The number of aromatic nitrogens is 1. The maximum Gasteiger partial charge on any atom is 0.213 e. The molecule has 1 fully saturated rings. The standard InChI is InChI=1S/C9H12N2O.2ClH/c1-7-2-3-9(11-4-7)12-8-5-10-6-8;;/h2-4,8,10H,5-6H2,1H3;2*1H. The monoisotopic (exact) mass is 236 g/mol. The van der Waals surface area contributed by atoms with Crippen LogP contribution in [0.5, 0.6) is 5.88 Å². The van der Waals surface area contributed by atoms with Gasteiger partial charge in [0.05, 0.1) is 0 Å². The minimum Gasteiger partial charge on any atom is -0.472 e. The van der Waals surface area contributed by atoms with Gasteiger partial charge in [-0.15, -0.1) is 24.8 Å². The van der Waals surface area contributed by atoms with Gasteiger partial charge in [0.15, 0.2) is 0 Å². The normalized spacial score (nSPS) is 14.6. The first-order valence-electron chi connectivity index (χ1n) is 4.14. The van der Waals surface area contributed by atoms with Crippen molar-refractivity contribution < 1.29 is 4.74 Å². The fourth-order valence-corrected chi connectivity index (χ4v) is 1.04. The Morgan fingerprint density at radius 3 is 2.50 bits per heavy atom. The lowest BCUT2D eigenvalue weighted by molar-refractivity contribution is 0.136. The molecule has 2 heterocycles. The van der Waals surface area contributed by atoms with Crippen molar-refractivity contribution in [2.45, 2.75) is 13.0 Å². The van der Waals surface area contributed by atoms with Crippen LogP contribution in [-0.4, -0.2) is 24.2 Å². The Morgan fingerprint density at radius 2 is 2.07 bits per heavy atom. The van der Waals surface area contributed by atoms with Gasteiger partial charge in [0.25, 0.3) is 0 Å². The minimum absolute atomic E-state index is 0. The molecule has 80 valence electrons. The molecule has 1 saturated heterocycles. The summed E-state index contributed by atoms with van der Waals surface area (Å²) in [5.74, 6) is 0.729. The minimum atomic E-state index is 0. The highest BCUT2D eigenvalue weighted by molar-refractivity contribution is 5.85. The quantitative estimate of drug-likeness (QED) is 0.848. The summed E-state index contributed by atoms with van der Waals surface area (Å²) >= 11 is 0. The number of pyridine rings is 1. The van der Waals surface area contributed by atoms with Crippen LogP contribution in [-0.2, 0) is 0 Å². The lowest BCUT2D eigenvalue weighted by Gasteiger charge is -2.27. The van der Waals surface area contributed by atoms with Crippen molar-refractivity contribution in [2.75, 3.05) is 13.1 Å². The van der Waals surface area contributed by atoms with Gasteiger partial charge in [-0.2, -0.15) is 0 Å². The van der Waals surface area contributed by atoms with Crippen LogP contribution < -0.4 is 10.1 Å². The average molecular weight is 237 g/mol. The Bertz CT molecular complexity index is 262. The average Bonchev–Trinajstić information content (AvgIpc) is 2.00. The number of rotatable bonds is 2. The smallest absolute Gasteiger partial charge is 0.213 e. The third kappa shape index (κ3) is 3.33. The van der Waals surface area contributed by atoms with Crippen LogP contribution in [0.2, 0.25) is 0 Å². The summed E-state index contributed by atoms with van der Waals surface area (Å²) < 4.78 is 5.53. The van der Waals surface area contributed by atoms with Gasteiger partial charge < -0.3 is 10.1 Å². The summed E-state index contributed by atoms with van der Waals surface area (Å²) in [4.78, 5) is 4.15. The van der Waals surface area contributed by atoms with E-state index in [1.807, 2.05) is 25.3 Å². The molecule has 14 heavy (non-hydrogen) atoms. The number of halogens is 2. The molecule has 0 aliphatic carbocycles. The number of hydrogen-bond acceptors (Lipinski definition) is 3. The molecule has 5 heteroatoms. The summed E-state index contributed by atoms with van der Waals surface area (Å²) in [6.07, 6.45) is 2.14. The Balaban J connectivity index is 0.000000845. The van der Waals surface area contributed by atoms with Crippen molar-refractivity contribution in [2.24, 2.45) is 0 Å². The first kappa shape index (κ1) is 13.5. The lowest BCUT2D eigenvalue weighted by atomic mass is 10.2. The third-order valence-corrected chi connectivity index (χ3v) is 1.92. The van der Waals surface area contributed by atoms with Crippen LogP contribution in [0.3, 0.4) is 0 Å². The molecular formula is C9H14Cl2N2O. The van der Waals surface area contributed by atoms with Gasteiger partial charge in [0.2, 0.25) is 5.88 Å². The first-order chi connectivity index (χ1) is 5.84. The predicted octanol–water partition coefficient (Wildman–Crippen LogP) is 1.58. The molecule has 0 aromatic carbocycles. The Morgan fingerprint density at radius 1 is 1.36 bits per heavy atom. The molecule has 0 spiro atoms. The highest BCUT2D eigenvalue weighted by atomic mass is 35.5. The Kier molecular flexibility index (Phi) is 5.84. The molecule has 1 aliphatic rings. The van der Waals surface area contributed by atoms with Crippen molar-refractivity contribution in [1.29, 1.82) is 0 Å². The Hall–Kier alpha value is -0.510. The van der Waals surface area contributed by atoms with Gasteiger partial charge in [-0.25, -0.2) is 4.98 Å². The van der Waals surface area contributed by atoms with Gasteiger partial charge in [-0.1, -0.05) is 6.07 Å². The highest BCUT2D eigenvalue weighted by Crippen LogP contribution is 2.10. The van der Waals surface area contributed by atoms with Crippen molar-refractivity contribution >= 4 is 24.8 Å². The highest BCUT2D eigenvalue weighted by Gasteiger charge is 2.18. The van der Waals surface area contributed by atoms with E-state index in [-0.39, 0.29) is 24.8 Å². The van der Waals surface area contributed by atoms with Gasteiger partial charge >= 0.3 is 0 Å². The molecule has 1 aromatic heterocycles. The number of hydrogen-bond donors (Lipinski definition) is 1. The van der Waals surface area contributed by atoms with E-state index >= 15 is 0 Å². The lowest BCUT2D eigenvalue weighted by Crippen LogP contribution is -2.50. The molecule has 0 saturated carbocycles. The van der Waals surface area contributed by atoms with E-state index in [1.165, 1.54) is 0 Å². The second-order valence-corrected chi connectivity index (χ2v) is 3.07. The molecule has 0 unspecified atom stereocenters. The fraction of sp³-hybridized carbons (Fsp3) is 0.444. The second kappa shape index (κ2) is 6.06. The fourth-order valence-electron chi connectivity index (χ4n) is 1.04. The zero-order valence-electron chi connectivity index (χ0n) is 7.90. The number of nitrogens with one attached hydrogen (secondary N) is 1. The number of aryl methyl sites for hydroxylation is 1. The number of nitrogens with zero attached hydrogens (tertiary/aromatic N) is 1. The van der Waals surface area contributed by atoms with E-state index in [2.05, 4.69) is 10.3 Å². The maximum absolute atomic E-state index is 5.53. The molecular weight excluding hydrogens is 223 g/mol. The molecule has 2 rings (SSSR count). The van der Waals surface area contributed by atoms with Crippen LogP contribution in [0.15, 0.2) is 18.3 Å². The van der Waals surface area contributed by atoms with Crippen molar-refractivity contribution in [3.05, 3.63) is 23.9 Å². The SMILES string of the molecule is Cc1ccc(OC2CNC2)nc1.Cl.Cl. The number of ether oxygens (including phenoxy) is 1. The van der Waals surface area contributed by atoms with E-state index in [1.54, 1.807) is 0 Å². The second-order valence-electron chi connectivity index (χ2n) is 3.07. The predicted molar refractivity (Wildman–Crippen MR) is 60.8 cm³/mol. The van der Waals surface area contributed by atoms with Gasteiger partial charge in [0, 0.05) is 25.4 Å². The van der Waals surface area contributed by atoms with E-state index < -0.39 is 0 Å². The largest absolute Gasteiger partial charge is 0.472 e. The van der Waals surface area contributed by atoms with Crippen LogP contribution in [0, 0.1) is 6.92 Å². The molecule has 1 aliphatic heterocycles. The third-order valence-electron chi connectivity index (χ3n) is 1.92. The Labute approximate surface area is 96.1 Å². The van der Waals surface area contributed by atoms with E-state index in [0.29, 0.717) is 6.10 Å². The molecule has 0 radical (unpaired) electrons. The van der Waals surface area contributed by atoms with E-state index in [0.717, 1.165) is 24.5 Å². The van der Waals surface area contributed by atoms with E-state index in [9.17, 15) is 0 Å². The van der Waals surface area contributed by atoms with Crippen molar-refractivity contribution in [3.8, 4) is 5.88 Å². The molecule has 3 nitrogen and oxygen atoms in total. The zero-order chi connectivity index (χ0) is 8.39. The maximum atomic E-state index is 5.53. The van der Waals surface area contributed by atoms with Gasteiger partial charge in [-0.3, -0.25) is 0 Å². The summed E-state index contributed by atoms with van der Waals surface area (Å²) in [5.41, 5.74) is 1.16. The molecule has 0 amide bonds. The zero-order valence-corrected chi connectivity index (χ0v) is 9.53. The van der Waals surface area contributed by atoms with Crippen LogP contribution in [0.4, 0.5) is 0 Å². The molecule has 0 atom stereocenters. The van der Waals surface area contributed by atoms with Gasteiger partial charge in [0.1, 0.15) is 6.10 Å². The van der Waals surface area contributed by atoms with Crippen LogP contribution >= 0.6 is 24.8 Å². The summed E-state index contributed by atoms with van der Waals surface area (Å²) in [7, 11) is 0. The first-order valence-corrected chi connectivity index (χ1v) is 4.14. The molecule has 1 aromatic rings. The van der Waals surface area contributed by atoms with Crippen molar-refractivity contribution in [1.82, 2.24) is 10.3 Å². The van der Waals surface area contributed by atoms with Crippen LogP contribution in [0.1, 0.15) is 5.56 Å². The summed E-state index contributed by atoms with van der Waals surface area (Å²) in [6, 6.07) is 3.92. The van der Waals surface area contributed by atoms with Crippen LogP contribution in [0.25, 0.3) is 0 Å². The van der Waals surface area contributed by atoms with Crippen molar-refractivity contribution in [3.63, 3.8) is 0 Å². The van der Waals surface area contributed by atoms with Gasteiger partial charge in [-0.05, 0) is 12.5 Å².